The lowest BCUT2D eigenvalue weighted by Gasteiger charge is -2.18. The molecule has 2 atom stereocenters. The average Bonchev–Trinajstić information content (AvgIpc) is 2.23. The molecule has 0 saturated heterocycles. The molecule has 0 aliphatic rings. The van der Waals surface area contributed by atoms with Gasteiger partial charge in [0.15, 0.2) is 5.78 Å². The molecule has 0 aromatic rings. The standard InChI is InChI=1S/C12H24O3/c1-4-7-10(13)12(14)11(8-5-2)15-9-6-3/h10-11,13H,4-9H2,1-3H3. The van der Waals surface area contributed by atoms with E-state index in [1.54, 1.807) is 0 Å². The zero-order valence-electron chi connectivity index (χ0n) is 10.2. The highest BCUT2D eigenvalue weighted by Crippen LogP contribution is 2.10. The van der Waals surface area contributed by atoms with Gasteiger partial charge in [-0.2, -0.15) is 0 Å². The number of rotatable bonds is 9. The van der Waals surface area contributed by atoms with Crippen molar-refractivity contribution in [2.45, 2.75) is 65.1 Å². The van der Waals surface area contributed by atoms with Crippen molar-refractivity contribution in [3.05, 3.63) is 0 Å². The van der Waals surface area contributed by atoms with Crippen LogP contribution in [0.2, 0.25) is 0 Å². The molecule has 0 spiro atoms. The summed E-state index contributed by atoms with van der Waals surface area (Å²) in [6.45, 7) is 6.57. The first-order valence-corrected chi connectivity index (χ1v) is 6.00. The molecule has 0 aliphatic carbocycles. The molecule has 1 N–H and O–H groups in total. The summed E-state index contributed by atoms with van der Waals surface area (Å²) in [6.07, 6.45) is 2.61. The van der Waals surface area contributed by atoms with E-state index in [0.29, 0.717) is 19.4 Å². The van der Waals surface area contributed by atoms with Crippen molar-refractivity contribution in [2.75, 3.05) is 6.61 Å². The Morgan fingerprint density at radius 2 is 1.73 bits per heavy atom. The highest BCUT2D eigenvalue weighted by molar-refractivity contribution is 5.87. The molecule has 3 heteroatoms. The van der Waals surface area contributed by atoms with Crippen LogP contribution in [0.5, 0.6) is 0 Å². The predicted octanol–water partition coefficient (Wildman–Crippen LogP) is 2.31. The Morgan fingerprint density at radius 1 is 1.13 bits per heavy atom. The maximum atomic E-state index is 11.8. The van der Waals surface area contributed by atoms with Gasteiger partial charge >= 0.3 is 0 Å². The minimum absolute atomic E-state index is 0.146. The smallest absolute Gasteiger partial charge is 0.189 e. The molecule has 0 aromatic carbocycles. The molecular weight excluding hydrogens is 192 g/mol. The number of carbonyl (C=O) groups excluding carboxylic acids is 1. The van der Waals surface area contributed by atoms with Crippen LogP contribution in [0.15, 0.2) is 0 Å². The van der Waals surface area contributed by atoms with Crippen LogP contribution in [-0.4, -0.2) is 29.7 Å². The minimum Gasteiger partial charge on any atom is -0.385 e. The summed E-state index contributed by atoms with van der Waals surface area (Å²) in [5, 5.41) is 9.58. The lowest BCUT2D eigenvalue weighted by molar-refractivity contribution is -0.140. The lowest BCUT2D eigenvalue weighted by atomic mass is 10.0. The van der Waals surface area contributed by atoms with Crippen LogP contribution < -0.4 is 0 Å². The molecule has 0 fully saturated rings. The third kappa shape index (κ3) is 5.90. The number of Topliss-reactive ketones (excluding diaryl/α,β-unsaturated/α-hetero) is 1. The van der Waals surface area contributed by atoms with Crippen molar-refractivity contribution in [1.29, 1.82) is 0 Å². The normalized spacial score (nSPS) is 14.9. The van der Waals surface area contributed by atoms with E-state index in [0.717, 1.165) is 19.3 Å². The monoisotopic (exact) mass is 216 g/mol. The Kier molecular flexibility index (Phi) is 8.62. The van der Waals surface area contributed by atoms with E-state index in [-0.39, 0.29) is 5.78 Å². The number of hydrogen-bond acceptors (Lipinski definition) is 3. The van der Waals surface area contributed by atoms with Crippen molar-refractivity contribution < 1.29 is 14.6 Å². The van der Waals surface area contributed by atoms with Gasteiger partial charge in [0, 0.05) is 6.61 Å². The molecule has 0 saturated carbocycles. The number of ketones is 1. The molecule has 0 aromatic heterocycles. The molecule has 15 heavy (non-hydrogen) atoms. The highest BCUT2D eigenvalue weighted by Gasteiger charge is 2.24. The quantitative estimate of drug-likeness (QED) is 0.643. The zero-order valence-corrected chi connectivity index (χ0v) is 10.2. The molecule has 0 heterocycles. The Hall–Kier alpha value is -0.410. The number of hydrogen-bond donors (Lipinski definition) is 1. The first kappa shape index (κ1) is 14.6. The second-order valence-corrected chi connectivity index (χ2v) is 3.85. The van der Waals surface area contributed by atoms with Gasteiger partial charge < -0.3 is 9.84 Å². The fourth-order valence-electron chi connectivity index (χ4n) is 1.46. The zero-order chi connectivity index (χ0) is 11.7. The topological polar surface area (TPSA) is 46.5 Å². The van der Waals surface area contributed by atoms with Gasteiger partial charge in [0.1, 0.15) is 12.2 Å². The van der Waals surface area contributed by atoms with Gasteiger partial charge in [-0.1, -0.05) is 33.6 Å². The largest absolute Gasteiger partial charge is 0.385 e. The highest BCUT2D eigenvalue weighted by atomic mass is 16.5. The van der Waals surface area contributed by atoms with Crippen molar-refractivity contribution in [1.82, 2.24) is 0 Å². The van der Waals surface area contributed by atoms with Crippen LogP contribution in [0.25, 0.3) is 0 Å². The molecule has 0 amide bonds. The van der Waals surface area contributed by atoms with E-state index in [1.165, 1.54) is 0 Å². The van der Waals surface area contributed by atoms with E-state index in [1.807, 2.05) is 20.8 Å². The molecule has 2 unspecified atom stereocenters. The van der Waals surface area contributed by atoms with Crippen molar-refractivity contribution in [3.8, 4) is 0 Å². The maximum Gasteiger partial charge on any atom is 0.189 e. The Morgan fingerprint density at radius 3 is 2.20 bits per heavy atom. The number of aliphatic hydroxyl groups is 1. The summed E-state index contributed by atoms with van der Waals surface area (Å²) in [5.74, 6) is -0.146. The molecular formula is C12H24O3. The second kappa shape index (κ2) is 8.86. The summed E-state index contributed by atoms with van der Waals surface area (Å²) in [4.78, 5) is 11.8. The Labute approximate surface area is 92.8 Å². The van der Waals surface area contributed by atoms with Crippen LogP contribution in [0, 0.1) is 0 Å². The van der Waals surface area contributed by atoms with Crippen LogP contribution in [-0.2, 0) is 9.53 Å². The Bertz CT molecular complexity index is 168. The van der Waals surface area contributed by atoms with Crippen LogP contribution in [0.1, 0.15) is 52.9 Å². The van der Waals surface area contributed by atoms with Gasteiger partial charge in [-0.3, -0.25) is 4.79 Å². The summed E-state index contributed by atoms with van der Waals surface area (Å²) >= 11 is 0. The van der Waals surface area contributed by atoms with Crippen LogP contribution >= 0.6 is 0 Å². The van der Waals surface area contributed by atoms with Gasteiger partial charge in [-0.25, -0.2) is 0 Å². The molecule has 0 bridgehead atoms. The minimum atomic E-state index is -0.844. The third-order valence-corrected chi connectivity index (χ3v) is 2.28. The summed E-state index contributed by atoms with van der Waals surface area (Å²) in [5.41, 5.74) is 0. The first-order valence-electron chi connectivity index (χ1n) is 6.00. The lowest BCUT2D eigenvalue weighted by Crippen LogP contribution is -2.34. The van der Waals surface area contributed by atoms with Gasteiger partial charge in [0.05, 0.1) is 0 Å². The van der Waals surface area contributed by atoms with E-state index in [9.17, 15) is 9.90 Å². The van der Waals surface area contributed by atoms with E-state index in [2.05, 4.69) is 0 Å². The molecule has 0 rings (SSSR count). The fourth-order valence-corrected chi connectivity index (χ4v) is 1.46. The average molecular weight is 216 g/mol. The molecule has 90 valence electrons. The number of ether oxygens (including phenoxy) is 1. The predicted molar refractivity (Wildman–Crippen MR) is 60.9 cm³/mol. The van der Waals surface area contributed by atoms with E-state index >= 15 is 0 Å². The maximum absolute atomic E-state index is 11.8. The van der Waals surface area contributed by atoms with Gasteiger partial charge in [0.2, 0.25) is 0 Å². The third-order valence-electron chi connectivity index (χ3n) is 2.28. The van der Waals surface area contributed by atoms with E-state index < -0.39 is 12.2 Å². The number of carbonyl (C=O) groups is 1. The van der Waals surface area contributed by atoms with Crippen LogP contribution in [0.3, 0.4) is 0 Å². The van der Waals surface area contributed by atoms with Crippen molar-refractivity contribution >= 4 is 5.78 Å². The van der Waals surface area contributed by atoms with E-state index in [4.69, 9.17) is 4.74 Å². The Balaban J connectivity index is 4.13. The first-order chi connectivity index (χ1) is 7.17. The fraction of sp³-hybridized carbons (Fsp3) is 0.917. The SMILES string of the molecule is CCCOC(CCC)C(=O)C(O)CCC. The van der Waals surface area contributed by atoms with Gasteiger partial charge in [-0.15, -0.1) is 0 Å². The van der Waals surface area contributed by atoms with Gasteiger partial charge in [0.25, 0.3) is 0 Å². The summed E-state index contributed by atoms with van der Waals surface area (Å²) in [7, 11) is 0. The molecule has 3 nitrogen and oxygen atoms in total. The van der Waals surface area contributed by atoms with Crippen molar-refractivity contribution in [3.63, 3.8) is 0 Å². The second-order valence-electron chi connectivity index (χ2n) is 3.85. The van der Waals surface area contributed by atoms with Gasteiger partial charge in [-0.05, 0) is 19.3 Å². The van der Waals surface area contributed by atoms with Crippen molar-refractivity contribution in [2.24, 2.45) is 0 Å². The number of aliphatic hydroxyl groups excluding tert-OH is 1. The molecule has 0 aliphatic heterocycles. The molecule has 0 radical (unpaired) electrons. The van der Waals surface area contributed by atoms with Crippen LogP contribution in [0.4, 0.5) is 0 Å². The summed E-state index contributed by atoms with van der Waals surface area (Å²) in [6, 6.07) is 0. The summed E-state index contributed by atoms with van der Waals surface area (Å²) < 4.78 is 5.45.